The molecule has 2 N–H and O–H groups in total. The molecule has 76 valence electrons. The van der Waals surface area contributed by atoms with E-state index in [0.717, 1.165) is 12.5 Å². The highest BCUT2D eigenvalue weighted by molar-refractivity contribution is 4.81. The predicted molar refractivity (Wildman–Crippen MR) is 53.5 cm³/mol. The van der Waals surface area contributed by atoms with Crippen LogP contribution in [-0.2, 0) is 4.74 Å². The molecular formula is C11H21NO. The number of hydrogen-bond donors (Lipinski definition) is 1. The molecule has 0 radical (unpaired) electrons. The molecule has 1 saturated carbocycles. The first-order valence-corrected chi connectivity index (χ1v) is 5.73. The van der Waals surface area contributed by atoms with Crippen LogP contribution in [0.2, 0.25) is 0 Å². The maximum Gasteiger partial charge on any atom is 0.0726 e. The highest BCUT2D eigenvalue weighted by atomic mass is 16.5. The second-order valence-electron chi connectivity index (χ2n) is 4.60. The molecule has 0 aromatic carbocycles. The van der Waals surface area contributed by atoms with Gasteiger partial charge in [0.05, 0.1) is 6.10 Å². The molecule has 1 aliphatic carbocycles. The number of hydrogen-bond acceptors (Lipinski definition) is 2. The van der Waals surface area contributed by atoms with Crippen LogP contribution in [0.5, 0.6) is 0 Å². The first-order chi connectivity index (χ1) is 6.36. The summed E-state index contributed by atoms with van der Waals surface area (Å²) >= 11 is 0. The predicted octanol–water partition coefficient (Wildman–Crippen LogP) is 2.07. The summed E-state index contributed by atoms with van der Waals surface area (Å²) in [6, 6.07) is 0.311. The van der Waals surface area contributed by atoms with Gasteiger partial charge in [0.2, 0.25) is 0 Å². The summed E-state index contributed by atoms with van der Waals surface area (Å²) < 4.78 is 5.68. The van der Waals surface area contributed by atoms with Crippen molar-refractivity contribution in [2.75, 3.05) is 6.61 Å². The maximum absolute atomic E-state index is 6.13. The average molecular weight is 183 g/mol. The fourth-order valence-corrected chi connectivity index (χ4v) is 2.37. The van der Waals surface area contributed by atoms with Gasteiger partial charge in [-0.05, 0) is 31.6 Å². The Balaban J connectivity index is 1.70. The van der Waals surface area contributed by atoms with Crippen molar-refractivity contribution in [1.82, 2.24) is 0 Å². The molecule has 0 bridgehead atoms. The quantitative estimate of drug-likeness (QED) is 0.727. The van der Waals surface area contributed by atoms with E-state index in [0.29, 0.717) is 12.1 Å². The van der Waals surface area contributed by atoms with Gasteiger partial charge in [0.15, 0.2) is 0 Å². The molecule has 13 heavy (non-hydrogen) atoms. The SMILES string of the molecule is NC(CC1CCC1)C1CCCCO1. The molecule has 2 aliphatic rings. The van der Waals surface area contributed by atoms with Crippen LogP contribution in [0, 0.1) is 5.92 Å². The molecule has 2 atom stereocenters. The lowest BCUT2D eigenvalue weighted by molar-refractivity contribution is -0.00650. The lowest BCUT2D eigenvalue weighted by Gasteiger charge is -2.33. The van der Waals surface area contributed by atoms with Crippen LogP contribution in [0.4, 0.5) is 0 Å². The molecule has 2 heteroatoms. The first kappa shape index (κ1) is 9.47. The molecule has 1 aliphatic heterocycles. The van der Waals surface area contributed by atoms with Gasteiger partial charge >= 0.3 is 0 Å². The van der Waals surface area contributed by atoms with Crippen molar-refractivity contribution in [3.05, 3.63) is 0 Å². The molecule has 0 spiro atoms. The highest BCUT2D eigenvalue weighted by Gasteiger charge is 2.26. The summed E-state index contributed by atoms with van der Waals surface area (Å²) in [5.41, 5.74) is 6.13. The van der Waals surface area contributed by atoms with Crippen molar-refractivity contribution >= 4 is 0 Å². The normalized spacial score (nSPS) is 32.5. The van der Waals surface area contributed by atoms with E-state index in [1.807, 2.05) is 0 Å². The Morgan fingerprint density at radius 3 is 2.54 bits per heavy atom. The summed E-state index contributed by atoms with van der Waals surface area (Å²) in [7, 11) is 0. The zero-order valence-corrected chi connectivity index (χ0v) is 8.37. The van der Waals surface area contributed by atoms with E-state index in [2.05, 4.69) is 0 Å². The van der Waals surface area contributed by atoms with Crippen LogP contribution in [0.3, 0.4) is 0 Å². The van der Waals surface area contributed by atoms with E-state index in [-0.39, 0.29) is 0 Å². The van der Waals surface area contributed by atoms with Gasteiger partial charge in [0.1, 0.15) is 0 Å². The van der Waals surface area contributed by atoms with Crippen molar-refractivity contribution in [3.63, 3.8) is 0 Å². The molecule has 2 fully saturated rings. The summed E-state index contributed by atoms with van der Waals surface area (Å²) in [6.45, 7) is 0.934. The van der Waals surface area contributed by atoms with Crippen LogP contribution in [-0.4, -0.2) is 18.8 Å². The molecule has 2 unspecified atom stereocenters. The molecule has 0 aromatic rings. The minimum Gasteiger partial charge on any atom is -0.377 e. The van der Waals surface area contributed by atoms with Crippen molar-refractivity contribution in [2.45, 2.75) is 57.1 Å². The standard InChI is InChI=1S/C11H21NO/c12-10(8-9-4-3-5-9)11-6-1-2-7-13-11/h9-11H,1-8,12H2. The second kappa shape index (κ2) is 4.43. The lowest BCUT2D eigenvalue weighted by Crippen LogP contribution is -2.41. The van der Waals surface area contributed by atoms with E-state index in [9.17, 15) is 0 Å². The fourth-order valence-electron chi connectivity index (χ4n) is 2.37. The lowest BCUT2D eigenvalue weighted by atomic mass is 9.79. The Kier molecular flexibility index (Phi) is 3.23. The Labute approximate surface area is 80.8 Å². The van der Waals surface area contributed by atoms with Gasteiger partial charge in [-0.2, -0.15) is 0 Å². The third-order valence-electron chi connectivity index (χ3n) is 3.52. The van der Waals surface area contributed by atoms with E-state index in [1.165, 1.54) is 44.9 Å². The van der Waals surface area contributed by atoms with Gasteiger partial charge in [0, 0.05) is 12.6 Å². The van der Waals surface area contributed by atoms with Gasteiger partial charge < -0.3 is 10.5 Å². The van der Waals surface area contributed by atoms with Crippen LogP contribution >= 0.6 is 0 Å². The topological polar surface area (TPSA) is 35.2 Å². The smallest absolute Gasteiger partial charge is 0.0726 e. The van der Waals surface area contributed by atoms with E-state index in [1.54, 1.807) is 0 Å². The minimum absolute atomic E-state index is 0.311. The Hall–Kier alpha value is -0.0800. The van der Waals surface area contributed by atoms with Gasteiger partial charge in [0.25, 0.3) is 0 Å². The molecular weight excluding hydrogens is 162 g/mol. The van der Waals surface area contributed by atoms with Crippen molar-refractivity contribution in [1.29, 1.82) is 0 Å². The Morgan fingerprint density at radius 1 is 1.15 bits per heavy atom. The van der Waals surface area contributed by atoms with Crippen molar-refractivity contribution < 1.29 is 4.74 Å². The van der Waals surface area contributed by atoms with Crippen LogP contribution in [0.1, 0.15) is 44.9 Å². The number of nitrogens with two attached hydrogens (primary N) is 1. The summed E-state index contributed by atoms with van der Waals surface area (Å²) in [5, 5.41) is 0. The molecule has 2 rings (SSSR count). The number of rotatable bonds is 3. The Bertz CT molecular complexity index is 150. The third kappa shape index (κ3) is 2.44. The zero-order valence-electron chi connectivity index (χ0n) is 8.37. The highest BCUT2D eigenvalue weighted by Crippen LogP contribution is 2.31. The van der Waals surface area contributed by atoms with Crippen LogP contribution < -0.4 is 5.73 Å². The number of ether oxygens (including phenoxy) is 1. The first-order valence-electron chi connectivity index (χ1n) is 5.73. The summed E-state index contributed by atoms with van der Waals surface area (Å²) in [6.07, 6.45) is 9.52. The second-order valence-corrected chi connectivity index (χ2v) is 4.60. The summed E-state index contributed by atoms with van der Waals surface area (Å²) in [4.78, 5) is 0. The van der Waals surface area contributed by atoms with Crippen molar-refractivity contribution in [3.8, 4) is 0 Å². The van der Waals surface area contributed by atoms with E-state index in [4.69, 9.17) is 10.5 Å². The van der Waals surface area contributed by atoms with Gasteiger partial charge in [-0.15, -0.1) is 0 Å². The maximum atomic E-state index is 6.13. The molecule has 0 amide bonds. The van der Waals surface area contributed by atoms with E-state index >= 15 is 0 Å². The third-order valence-corrected chi connectivity index (χ3v) is 3.52. The minimum atomic E-state index is 0.311. The van der Waals surface area contributed by atoms with Crippen LogP contribution in [0.25, 0.3) is 0 Å². The monoisotopic (exact) mass is 183 g/mol. The fraction of sp³-hybridized carbons (Fsp3) is 1.00. The average Bonchev–Trinajstić information content (AvgIpc) is 2.12. The largest absolute Gasteiger partial charge is 0.377 e. The van der Waals surface area contributed by atoms with Crippen LogP contribution in [0.15, 0.2) is 0 Å². The molecule has 1 saturated heterocycles. The van der Waals surface area contributed by atoms with Gasteiger partial charge in [-0.25, -0.2) is 0 Å². The van der Waals surface area contributed by atoms with Gasteiger partial charge in [-0.1, -0.05) is 19.3 Å². The van der Waals surface area contributed by atoms with E-state index < -0.39 is 0 Å². The Morgan fingerprint density at radius 2 is 2.00 bits per heavy atom. The molecule has 2 nitrogen and oxygen atoms in total. The summed E-state index contributed by atoms with van der Waals surface area (Å²) in [5.74, 6) is 0.917. The zero-order chi connectivity index (χ0) is 9.10. The molecule has 0 aromatic heterocycles. The van der Waals surface area contributed by atoms with Gasteiger partial charge in [-0.3, -0.25) is 0 Å². The van der Waals surface area contributed by atoms with Crippen molar-refractivity contribution in [2.24, 2.45) is 11.7 Å². The molecule has 1 heterocycles.